The molecule has 12 heavy (non-hydrogen) atoms. The Labute approximate surface area is 73.9 Å². The van der Waals surface area contributed by atoms with Crippen molar-refractivity contribution in [2.75, 3.05) is 26.2 Å². The monoisotopic (exact) mass is 169 g/mol. The van der Waals surface area contributed by atoms with E-state index in [0.29, 0.717) is 12.1 Å². The van der Waals surface area contributed by atoms with Gasteiger partial charge in [-0.05, 0) is 12.8 Å². The third kappa shape index (κ3) is 1.97. The molecule has 1 N–H and O–H groups in total. The Morgan fingerprint density at radius 2 is 2.33 bits per heavy atom. The lowest BCUT2D eigenvalue weighted by molar-refractivity contribution is -0.00233. The van der Waals surface area contributed by atoms with Crippen molar-refractivity contribution in [2.45, 2.75) is 31.4 Å². The molecular formula is C9H17N2O. The van der Waals surface area contributed by atoms with E-state index in [1.165, 1.54) is 19.3 Å². The summed E-state index contributed by atoms with van der Waals surface area (Å²) in [4.78, 5) is 0. The van der Waals surface area contributed by atoms with Gasteiger partial charge >= 0.3 is 0 Å². The average molecular weight is 169 g/mol. The van der Waals surface area contributed by atoms with Crippen molar-refractivity contribution in [1.29, 1.82) is 0 Å². The molecule has 1 radical (unpaired) electrons. The van der Waals surface area contributed by atoms with E-state index >= 15 is 0 Å². The van der Waals surface area contributed by atoms with E-state index in [1.807, 2.05) is 0 Å². The van der Waals surface area contributed by atoms with E-state index in [1.54, 1.807) is 0 Å². The van der Waals surface area contributed by atoms with E-state index in [0.717, 1.165) is 26.2 Å². The molecule has 2 saturated heterocycles. The van der Waals surface area contributed by atoms with E-state index in [4.69, 9.17) is 4.74 Å². The van der Waals surface area contributed by atoms with E-state index in [-0.39, 0.29) is 0 Å². The van der Waals surface area contributed by atoms with Crippen LogP contribution < -0.4 is 10.6 Å². The van der Waals surface area contributed by atoms with Crippen LogP contribution >= 0.6 is 0 Å². The fourth-order valence-corrected chi connectivity index (χ4v) is 1.95. The quantitative estimate of drug-likeness (QED) is 0.605. The molecule has 0 aromatic carbocycles. The molecule has 2 aliphatic heterocycles. The van der Waals surface area contributed by atoms with Crippen molar-refractivity contribution in [1.82, 2.24) is 10.6 Å². The number of morpholine rings is 1. The Morgan fingerprint density at radius 1 is 1.33 bits per heavy atom. The van der Waals surface area contributed by atoms with Crippen LogP contribution in [0.2, 0.25) is 0 Å². The molecule has 0 aromatic heterocycles. The van der Waals surface area contributed by atoms with Crippen LogP contribution in [-0.4, -0.2) is 38.4 Å². The zero-order valence-corrected chi connectivity index (χ0v) is 7.46. The molecule has 2 unspecified atom stereocenters. The summed E-state index contributed by atoms with van der Waals surface area (Å²) in [6.07, 6.45) is 4.19. The van der Waals surface area contributed by atoms with Crippen molar-refractivity contribution in [2.24, 2.45) is 0 Å². The predicted molar refractivity (Wildman–Crippen MR) is 47.2 cm³/mol. The van der Waals surface area contributed by atoms with Crippen LogP contribution in [-0.2, 0) is 4.74 Å². The number of piperidine rings is 1. The van der Waals surface area contributed by atoms with Gasteiger partial charge in [-0.15, -0.1) is 0 Å². The highest BCUT2D eigenvalue weighted by Gasteiger charge is 2.26. The maximum atomic E-state index is 5.66. The number of ether oxygens (including phenoxy) is 1. The third-order valence-corrected chi connectivity index (χ3v) is 2.66. The highest BCUT2D eigenvalue weighted by atomic mass is 16.5. The number of rotatable bonds is 1. The van der Waals surface area contributed by atoms with Crippen LogP contribution in [0.25, 0.3) is 0 Å². The third-order valence-electron chi connectivity index (χ3n) is 2.66. The lowest BCUT2D eigenvalue weighted by Crippen LogP contribution is -2.49. The summed E-state index contributed by atoms with van der Waals surface area (Å²) in [5.74, 6) is 0. The Bertz CT molecular complexity index is 112. The standard InChI is InChI=1S/C9H17N2O/c1-2-4-11-8(3-1)9-7-10-5-6-12-9/h8-10H,1-7H2. The molecule has 3 heteroatoms. The lowest BCUT2D eigenvalue weighted by atomic mass is 9.99. The van der Waals surface area contributed by atoms with Gasteiger partial charge in [0.25, 0.3) is 0 Å². The molecule has 0 spiro atoms. The van der Waals surface area contributed by atoms with Crippen molar-refractivity contribution in [3.63, 3.8) is 0 Å². The van der Waals surface area contributed by atoms with Gasteiger partial charge in [0.05, 0.1) is 18.8 Å². The van der Waals surface area contributed by atoms with Gasteiger partial charge in [0.15, 0.2) is 0 Å². The molecule has 0 saturated carbocycles. The van der Waals surface area contributed by atoms with E-state index < -0.39 is 0 Å². The smallest absolute Gasteiger partial charge is 0.0868 e. The van der Waals surface area contributed by atoms with Crippen LogP contribution in [0.3, 0.4) is 0 Å². The van der Waals surface area contributed by atoms with Gasteiger partial charge < -0.3 is 10.1 Å². The number of hydrogen-bond donors (Lipinski definition) is 1. The minimum atomic E-state index is 0.360. The first kappa shape index (κ1) is 8.48. The molecule has 0 aromatic rings. The second-order valence-corrected chi connectivity index (χ2v) is 3.58. The molecule has 0 bridgehead atoms. The Kier molecular flexibility index (Phi) is 2.98. The highest BCUT2D eigenvalue weighted by Crippen LogP contribution is 2.14. The average Bonchev–Trinajstić information content (AvgIpc) is 2.21. The SMILES string of the molecule is C1CCC(C2CNCCO2)[N]C1. The minimum Gasteiger partial charge on any atom is -0.374 e. The minimum absolute atomic E-state index is 0.360. The van der Waals surface area contributed by atoms with Crippen LogP contribution in [0.15, 0.2) is 0 Å². The van der Waals surface area contributed by atoms with Crippen LogP contribution in [0, 0.1) is 0 Å². The number of nitrogens with zero attached hydrogens (tertiary/aromatic N) is 1. The first-order valence-corrected chi connectivity index (χ1v) is 4.96. The second-order valence-electron chi connectivity index (χ2n) is 3.58. The number of hydrogen-bond acceptors (Lipinski definition) is 2. The summed E-state index contributed by atoms with van der Waals surface area (Å²) in [6.45, 7) is 3.90. The lowest BCUT2D eigenvalue weighted by Gasteiger charge is -2.32. The maximum Gasteiger partial charge on any atom is 0.0868 e. The van der Waals surface area contributed by atoms with Crippen LogP contribution in [0.4, 0.5) is 0 Å². The fourth-order valence-electron chi connectivity index (χ4n) is 1.95. The normalized spacial score (nSPS) is 38.0. The van der Waals surface area contributed by atoms with Gasteiger partial charge in [-0.2, -0.15) is 0 Å². The molecule has 2 rings (SSSR count). The molecule has 69 valence electrons. The molecule has 0 amide bonds. The van der Waals surface area contributed by atoms with Crippen molar-refractivity contribution in [3.05, 3.63) is 0 Å². The zero-order chi connectivity index (χ0) is 8.23. The summed E-state index contributed by atoms with van der Waals surface area (Å²) in [5, 5.41) is 7.94. The first-order valence-electron chi connectivity index (χ1n) is 4.96. The van der Waals surface area contributed by atoms with Gasteiger partial charge in [-0.3, -0.25) is 0 Å². The molecule has 2 aliphatic rings. The van der Waals surface area contributed by atoms with Crippen molar-refractivity contribution >= 4 is 0 Å². The summed E-state index contributed by atoms with van der Waals surface area (Å²) >= 11 is 0. The summed E-state index contributed by atoms with van der Waals surface area (Å²) in [7, 11) is 0. The Balaban J connectivity index is 1.80. The maximum absolute atomic E-state index is 5.66. The predicted octanol–water partition coefficient (Wildman–Crippen LogP) is 0.132. The molecule has 2 atom stereocenters. The highest BCUT2D eigenvalue weighted by molar-refractivity contribution is 4.83. The molecule has 3 nitrogen and oxygen atoms in total. The van der Waals surface area contributed by atoms with Gasteiger partial charge in [0.1, 0.15) is 0 Å². The van der Waals surface area contributed by atoms with Gasteiger partial charge in [-0.25, -0.2) is 5.32 Å². The van der Waals surface area contributed by atoms with Gasteiger partial charge in [0, 0.05) is 19.6 Å². The first-order chi connectivity index (χ1) is 5.97. The topological polar surface area (TPSA) is 35.4 Å². The molecule has 0 aliphatic carbocycles. The molecular weight excluding hydrogens is 152 g/mol. The fraction of sp³-hybridized carbons (Fsp3) is 1.00. The van der Waals surface area contributed by atoms with E-state index in [2.05, 4.69) is 10.6 Å². The van der Waals surface area contributed by atoms with Crippen molar-refractivity contribution in [3.8, 4) is 0 Å². The van der Waals surface area contributed by atoms with Gasteiger partial charge in [0.2, 0.25) is 0 Å². The Morgan fingerprint density at radius 3 is 3.00 bits per heavy atom. The van der Waals surface area contributed by atoms with Crippen LogP contribution in [0.1, 0.15) is 19.3 Å². The zero-order valence-electron chi connectivity index (χ0n) is 7.46. The Hall–Kier alpha value is -0.120. The van der Waals surface area contributed by atoms with E-state index in [9.17, 15) is 0 Å². The molecule has 2 heterocycles. The van der Waals surface area contributed by atoms with Gasteiger partial charge in [-0.1, -0.05) is 6.42 Å². The number of nitrogens with one attached hydrogen (secondary N) is 1. The van der Waals surface area contributed by atoms with Crippen molar-refractivity contribution < 1.29 is 4.74 Å². The second kappa shape index (κ2) is 4.21. The molecule has 2 fully saturated rings. The summed E-state index contributed by atoms with van der Waals surface area (Å²) < 4.78 is 5.66. The summed E-state index contributed by atoms with van der Waals surface area (Å²) in [5.41, 5.74) is 0. The summed E-state index contributed by atoms with van der Waals surface area (Å²) in [6, 6.07) is 0.478. The van der Waals surface area contributed by atoms with Crippen LogP contribution in [0.5, 0.6) is 0 Å². The largest absolute Gasteiger partial charge is 0.374 e.